The van der Waals surface area contributed by atoms with Crippen LogP contribution in [0.1, 0.15) is 23.6 Å². The lowest BCUT2D eigenvalue weighted by atomic mass is 10.2. The molecule has 0 spiro atoms. The van der Waals surface area contributed by atoms with E-state index in [1.165, 1.54) is 4.88 Å². The van der Waals surface area contributed by atoms with Gasteiger partial charge in [-0.05, 0) is 25.1 Å². The first-order chi connectivity index (χ1) is 7.61. The highest BCUT2D eigenvalue weighted by Crippen LogP contribution is 2.17. The maximum Gasteiger partial charge on any atom is 0.104 e. The maximum absolute atomic E-state index is 8.60. The van der Waals surface area contributed by atoms with Crippen LogP contribution in [0.25, 0.3) is 0 Å². The zero-order valence-electron chi connectivity index (χ0n) is 10.2. The van der Waals surface area contributed by atoms with Gasteiger partial charge in [-0.2, -0.15) is 0 Å². The average Bonchev–Trinajstić information content (AvgIpc) is 2.61. The molecule has 16 heavy (non-hydrogen) atoms. The Labute approximate surface area is 102 Å². The number of hydrogen-bond acceptors (Lipinski definition) is 3. The van der Waals surface area contributed by atoms with E-state index in [0.717, 1.165) is 18.0 Å². The third kappa shape index (κ3) is 4.80. The Kier molecular flexibility index (Phi) is 5.54. The normalized spacial score (nSPS) is 10.6. The molecule has 0 aromatic carbocycles. The summed E-state index contributed by atoms with van der Waals surface area (Å²) in [6.45, 7) is 6.46. The van der Waals surface area contributed by atoms with Crippen molar-refractivity contribution in [2.45, 2.75) is 20.4 Å². The predicted molar refractivity (Wildman–Crippen MR) is 69.5 cm³/mol. The fourth-order valence-electron chi connectivity index (χ4n) is 1.61. The van der Waals surface area contributed by atoms with Gasteiger partial charge in [-0.3, -0.25) is 0 Å². The molecule has 0 fully saturated rings. The van der Waals surface area contributed by atoms with E-state index in [2.05, 4.69) is 43.7 Å². The van der Waals surface area contributed by atoms with E-state index in [-0.39, 0.29) is 6.61 Å². The third-order valence-corrected chi connectivity index (χ3v) is 3.04. The van der Waals surface area contributed by atoms with E-state index in [4.69, 9.17) is 5.11 Å². The fraction of sp³-hybridized carbons (Fsp3) is 0.538. The summed E-state index contributed by atoms with van der Waals surface area (Å²) in [7, 11) is 2.14. The van der Waals surface area contributed by atoms with Crippen LogP contribution >= 0.6 is 11.3 Å². The van der Waals surface area contributed by atoms with Crippen molar-refractivity contribution in [3.05, 3.63) is 21.9 Å². The van der Waals surface area contributed by atoms with Gasteiger partial charge >= 0.3 is 0 Å². The number of hydrogen-bond donors (Lipinski definition) is 1. The molecule has 1 aromatic heterocycles. The minimum Gasteiger partial charge on any atom is -0.384 e. The second-order valence-electron chi connectivity index (χ2n) is 4.32. The summed E-state index contributed by atoms with van der Waals surface area (Å²) in [5, 5.41) is 8.60. The van der Waals surface area contributed by atoms with Crippen LogP contribution in [0, 0.1) is 17.8 Å². The minimum absolute atomic E-state index is 0.0690. The van der Waals surface area contributed by atoms with E-state index >= 15 is 0 Å². The van der Waals surface area contributed by atoms with Crippen molar-refractivity contribution in [2.75, 3.05) is 20.2 Å². The van der Waals surface area contributed by atoms with Crippen LogP contribution in [0.4, 0.5) is 0 Å². The van der Waals surface area contributed by atoms with Gasteiger partial charge in [0.05, 0.1) is 4.88 Å². The van der Waals surface area contributed by atoms with Crippen LogP contribution in [0.15, 0.2) is 12.1 Å². The van der Waals surface area contributed by atoms with Gasteiger partial charge in [0.1, 0.15) is 6.61 Å². The summed E-state index contributed by atoms with van der Waals surface area (Å²) in [4.78, 5) is 4.67. The Bertz CT molecular complexity index is 373. The molecule has 0 aliphatic heterocycles. The molecule has 3 heteroatoms. The molecule has 0 unspecified atom stereocenters. The fourth-order valence-corrected chi connectivity index (χ4v) is 2.57. The van der Waals surface area contributed by atoms with E-state index < -0.39 is 0 Å². The highest BCUT2D eigenvalue weighted by atomic mass is 32.1. The molecule has 1 aromatic rings. The van der Waals surface area contributed by atoms with Gasteiger partial charge < -0.3 is 10.0 Å². The van der Waals surface area contributed by atoms with Crippen LogP contribution in [-0.2, 0) is 6.54 Å². The molecule has 1 heterocycles. The first-order valence-corrected chi connectivity index (χ1v) is 6.30. The third-order valence-electron chi connectivity index (χ3n) is 2.05. The molecule has 1 rings (SSSR count). The van der Waals surface area contributed by atoms with Gasteiger partial charge in [0, 0.05) is 18.0 Å². The largest absolute Gasteiger partial charge is 0.384 e. The standard InChI is InChI=1S/C13H19NOS/c1-11(2)9-14(3)10-13-7-6-12(16-13)5-4-8-15/h6-7,11,15H,8-10H2,1-3H3. The number of thiophene rings is 1. The first-order valence-electron chi connectivity index (χ1n) is 5.48. The number of nitrogens with zero attached hydrogens (tertiary/aromatic N) is 1. The molecule has 0 aliphatic carbocycles. The molecule has 0 atom stereocenters. The smallest absolute Gasteiger partial charge is 0.104 e. The van der Waals surface area contributed by atoms with Gasteiger partial charge in [0.15, 0.2) is 0 Å². The van der Waals surface area contributed by atoms with Crippen molar-refractivity contribution < 1.29 is 5.11 Å². The Morgan fingerprint density at radius 2 is 2.19 bits per heavy atom. The maximum atomic E-state index is 8.60. The lowest BCUT2D eigenvalue weighted by molar-refractivity contribution is 0.291. The van der Waals surface area contributed by atoms with Crippen molar-refractivity contribution in [2.24, 2.45) is 5.92 Å². The summed E-state index contributed by atoms with van der Waals surface area (Å²) < 4.78 is 0. The Hall–Kier alpha value is -0.820. The highest BCUT2D eigenvalue weighted by Gasteiger charge is 2.04. The van der Waals surface area contributed by atoms with E-state index in [1.807, 2.05) is 6.07 Å². The molecule has 88 valence electrons. The molecule has 0 saturated carbocycles. The second-order valence-corrected chi connectivity index (χ2v) is 5.48. The summed E-state index contributed by atoms with van der Waals surface area (Å²) in [5.74, 6) is 6.29. The second kappa shape index (κ2) is 6.70. The van der Waals surface area contributed by atoms with Gasteiger partial charge in [-0.15, -0.1) is 11.3 Å². The van der Waals surface area contributed by atoms with Crippen LogP contribution in [-0.4, -0.2) is 30.2 Å². The molecule has 0 bridgehead atoms. The van der Waals surface area contributed by atoms with Gasteiger partial charge in [0.2, 0.25) is 0 Å². The average molecular weight is 237 g/mol. The Balaban J connectivity index is 2.51. The van der Waals surface area contributed by atoms with Crippen molar-refractivity contribution in [1.29, 1.82) is 0 Å². The van der Waals surface area contributed by atoms with Crippen LogP contribution in [0.5, 0.6) is 0 Å². The number of aliphatic hydroxyl groups is 1. The zero-order valence-corrected chi connectivity index (χ0v) is 11.0. The number of rotatable bonds is 4. The van der Waals surface area contributed by atoms with Crippen molar-refractivity contribution in [1.82, 2.24) is 4.90 Å². The summed E-state index contributed by atoms with van der Waals surface area (Å²) in [6, 6.07) is 4.13. The molecular weight excluding hydrogens is 218 g/mol. The van der Waals surface area contributed by atoms with Gasteiger partial charge in [0.25, 0.3) is 0 Å². The molecule has 0 aliphatic rings. The van der Waals surface area contributed by atoms with Gasteiger partial charge in [-0.1, -0.05) is 25.7 Å². The monoisotopic (exact) mass is 237 g/mol. The molecule has 2 nitrogen and oxygen atoms in total. The molecule has 0 amide bonds. The van der Waals surface area contributed by atoms with Gasteiger partial charge in [-0.25, -0.2) is 0 Å². The highest BCUT2D eigenvalue weighted by molar-refractivity contribution is 7.12. The Morgan fingerprint density at radius 1 is 1.44 bits per heavy atom. The SMILES string of the molecule is CC(C)CN(C)Cc1ccc(C#CCO)s1. The topological polar surface area (TPSA) is 23.5 Å². The molecule has 1 N–H and O–H groups in total. The van der Waals surface area contributed by atoms with E-state index in [1.54, 1.807) is 11.3 Å². The summed E-state index contributed by atoms with van der Waals surface area (Å²) in [5.41, 5.74) is 0. The Morgan fingerprint density at radius 3 is 2.81 bits per heavy atom. The quantitative estimate of drug-likeness (QED) is 0.811. The molecule has 0 radical (unpaired) electrons. The predicted octanol–water partition coefficient (Wildman–Crippen LogP) is 2.18. The summed E-state index contributed by atoms with van der Waals surface area (Å²) >= 11 is 1.70. The lowest BCUT2D eigenvalue weighted by Crippen LogP contribution is -2.22. The van der Waals surface area contributed by atoms with Crippen molar-refractivity contribution in [3.63, 3.8) is 0 Å². The van der Waals surface area contributed by atoms with Crippen LogP contribution < -0.4 is 0 Å². The zero-order chi connectivity index (χ0) is 12.0. The van der Waals surface area contributed by atoms with Crippen molar-refractivity contribution in [3.8, 4) is 11.8 Å². The molecule has 0 saturated heterocycles. The van der Waals surface area contributed by atoms with Crippen LogP contribution in [0.2, 0.25) is 0 Å². The minimum atomic E-state index is -0.0690. The molecular formula is C13H19NOS. The van der Waals surface area contributed by atoms with Crippen molar-refractivity contribution >= 4 is 11.3 Å². The lowest BCUT2D eigenvalue weighted by Gasteiger charge is -2.17. The number of aliphatic hydroxyl groups excluding tert-OH is 1. The summed E-state index contributed by atoms with van der Waals surface area (Å²) in [6.07, 6.45) is 0. The van der Waals surface area contributed by atoms with E-state index in [9.17, 15) is 0 Å². The van der Waals surface area contributed by atoms with E-state index in [0.29, 0.717) is 5.92 Å². The first kappa shape index (κ1) is 13.2. The van der Waals surface area contributed by atoms with Crippen LogP contribution in [0.3, 0.4) is 0 Å².